The van der Waals surface area contributed by atoms with Gasteiger partial charge in [0, 0.05) is 0 Å². The van der Waals surface area contributed by atoms with E-state index >= 15 is 0 Å². The van der Waals surface area contributed by atoms with Gasteiger partial charge in [-0.15, -0.1) is 0 Å². The van der Waals surface area contributed by atoms with Gasteiger partial charge >= 0.3 is 0 Å². The van der Waals surface area contributed by atoms with Crippen molar-refractivity contribution < 1.29 is 22.7 Å². The minimum absolute atomic E-state index is 0.00991. The van der Waals surface area contributed by atoms with Crippen LogP contribution in [0.1, 0.15) is 26.3 Å². The van der Waals surface area contributed by atoms with Crippen LogP contribution in [-0.4, -0.2) is 50.8 Å². The zero-order chi connectivity index (χ0) is 26.8. The molecule has 0 bridgehead atoms. The number of rotatable bonds is 7. The van der Waals surface area contributed by atoms with Crippen molar-refractivity contribution in [3.63, 3.8) is 0 Å². The molecule has 3 aromatic rings. The molecule has 8 heteroatoms. The van der Waals surface area contributed by atoms with Crippen molar-refractivity contribution in [2.24, 2.45) is 0 Å². The first-order valence-electron chi connectivity index (χ1n) is 12.2. The topological polar surface area (TPSA) is 83.9 Å². The molecule has 0 amide bonds. The Morgan fingerprint density at radius 1 is 0.892 bits per heavy atom. The van der Waals surface area contributed by atoms with Gasteiger partial charge in [-0.25, -0.2) is 8.42 Å². The number of aliphatic hydroxyl groups excluding tert-OH is 1. The second kappa shape index (κ2) is 10.5. The number of aryl methyl sites for hydroxylation is 1. The number of aliphatic hydroxyl groups is 1. The van der Waals surface area contributed by atoms with Crippen molar-refractivity contribution in [3.8, 4) is 0 Å². The minimum atomic E-state index is -4.20. The van der Waals surface area contributed by atoms with Crippen LogP contribution < -0.4 is 10.4 Å². The van der Waals surface area contributed by atoms with Gasteiger partial charge in [0.25, 0.3) is 8.32 Å². The highest BCUT2D eigenvalue weighted by Crippen LogP contribution is 2.37. The SMILES string of the molecule is Cc1ccc(S(=O)(=O)N2[C@H](O)C=CC(=O)[C@@H]2CO[Si](c2ccccc2)(c2ccccc2)C(C)(C)C)cc1. The predicted molar refractivity (Wildman–Crippen MR) is 148 cm³/mol. The van der Waals surface area contributed by atoms with Crippen molar-refractivity contribution in [1.82, 2.24) is 4.31 Å². The van der Waals surface area contributed by atoms with E-state index in [4.69, 9.17) is 4.43 Å². The molecule has 4 rings (SSSR count). The lowest BCUT2D eigenvalue weighted by atomic mass is 10.1. The Balaban J connectivity index is 1.80. The van der Waals surface area contributed by atoms with E-state index in [1.54, 1.807) is 12.1 Å². The van der Waals surface area contributed by atoms with E-state index in [1.165, 1.54) is 24.3 Å². The average Bonchev–Trinajstić information content (AvgIpc) is 2.87. The lowest BCUT2D eigenvalue weighted by molar-refractivity contribution is -0.122. The number of ketones is 1. The summed E-state index contributed by atoms with van der Waals surface area (Å²) in [5, 5.41) is 12.5. The lowest BCUT2D eigenvalue weighted by Crippen LogP contribution is -2.68. The van der Waals surface area contributed by atoms with Gasteiger partial charge in [-0.05, 0) is 46.6 Å². The van der Waals surface area contributed by atoms with Crippen LogP contribution in [0.25, 0.3) is 0 Å². The minimum Gasteiger partial charge on any atom is -0.405 e. The van der Waals surface area contributed by atoms with Gasteiger partial charge in [0.1, 0.15) is 12.3 Å². The first-order chi connectivity index (χ1) is 17.5. The molecule has 0 radical (unpaired) electrons. The highest BCUT2D eigenvalue weighted by molar-refractivity contribution is 7.89. The third kappa shape index (κ3) is 5.12. The van der Waals surface area contributed by atoms with E-state index in [-0.39, 0.29) is 16.5 Å². The quantitative estimate of drug-likeness (QED) is 0.469. The fraction of sp³-hybridized carbons (Fsp3) is 0.276. The van der Waals surface area contributed by atoms with Gasteiger partial charge < -0.3 is 9.53 Å². The maximum Gasteiger partial charge on any atom is 0.261 e. The van der Waals surface area contributed by atoms with E-state index in [1.807, 2.05) is 67.6 Å². The molecule has 1 N–H and O–H groups in total. The first-order valence-corrected chi connectivity index (χ1v) is 15.6. The molecule has 6 nitrogen and oxygen atoms in total. The largest absolute Gasteiger partial charge is 0.405 e. The zero-order valence-electron chi connectivity index (χ0n) is 21.5. The van der Waals surface area contributed by atoms with Gasteiger partial charge in [0.2, 0.25) is 10.0 Å². The molecule has 0 fully saturated rings. The van der Waals surface area contributed by atoms with Crippen LogP contribution in [0.4, 0.5) is 0 Å². The number of benzene rings is 3. The van der Waals surface area contributed by atoms with Crippen LogP contribution in [0.5, 0.6) is 0 Å². The van der Waals surface area contributed by atoms with Crippen molar-refractivity contribution in [2.75, 3.05) is 6.61 Å². The van der Waals surface area contributed by atoms with Crippen LogP contribution in [0.15, 0.2) is 102 Å². The fourth-order valence-electron chi connectivity index (χ4n) is 4.95. The summed E-state index contributed by atoms with van der Waals surface area (Å²) in [5.74, 6) is -0.432. The summed E-state index contributed by atoms with van der Waals surface area (Å²) < 4.78 is 35.1. The number of hydrogen-bond donors (Lipinski definition) is 1. The van der Waals surface area contributed by atoms with E-state index in [0.29, 0.717) is 0 Å². The Labute approximate surface area is 220 Å². The van der Waals surface area contributed by atoms with Gasteiger partial charge in [-0.2, -0.15) is 4.31 Å². The maximum atomic E-state index is 13.7. The van der Waals surface area contributed by atoms with E-state index in [9.17, 15) is 18.3 Å². The molecule has 1 aliphatic rings. The summed E-state index contributed by atoms with van der Waals surface area (Å²) in [7, 11) is -7.24. The molecule has 37 heavy (non-hydrogen) atoms. The van der Waals surface area contributed by atoms with Crippen LogP contribution >= 0.6 is 0 Å². The first kappa shape index (κ1) is 27.2. The molecule has 194 valence electrons. The number of hydrogen-bond acceptors (Lipinski definition) is 5. The molecule has 0 aromatic heterocycles. The average molecular weight is 536 g/mol. The van der Waals surface area contributed by atoms with Gasteiger partial charge in [-0.1, -0.05) is 99.1 Å². The number of carbonyl (C=O) groups excluding carboxylic acids is 1. The van der Waals surface area contributed by atoms with Gasteiger partial charge in [0.05, 0.1) is 11.5 Å². The standard InChI is InChI=1S/C29H33NO5SSi/c1-22-15-17-23(18-16-22)36(33,34)30-26(27(31)19-20-28(30)32)21-35-37(29(2,3)4,24-11-7-5-8-12-24)25-13-9-6-10-14-25/h5-20,26,28,32H,21H2,1-4H3/t26-,28+/m0/s1. The summed E-state index contributed by atoms with van der Waals surface area (Å²) in [4.78, 5) is 13.2. The predicted octanol–water partition coefficient (Wildman–Crippen LogP) is 3.39. The molecular weight excluding hydrogens is 502 g/mol. The highest BCUT2D eigenvalue weighted by atomic mass is 32.2. The Hall–Kier alpha value is -2.88. The van der Waals surface area contributed by atoms with Crippen molar-refractivity contribution in [1.29, 1.82) is 0 Å². The summed E-state index contributed by atoms with van der Waals surface area (Å²) in [5.41, 5.74) is 0.903. The number of nitrogens with zero attached hydrogens (tertiary/aromatic N) is 1. The third-order valence-corrected chi connectivity index (χ3v) is 13.7. The molecule has 3 aromatic carbocycles. The Morgan fingerprint density at radius 2 is 1.41 bits per heavy atom. The third-order valence-electron chi connectivity index (χ3n) is 6.80. The normalized spacial score (nSPS) is 19.2. The van der Waals surface area contributed by atoms with Crippen LogP contribution in [0.3, 0.4) is 0 Å². The molecule has 0 saturated carbocycles. The van der Waals surface area contributed by atoms with Gasteiger partial charge in [-0.3, -0.25) is 4.79 Å². The van der Waals surface area contributed by atoms with Gasteiger partial charge in [0.15, 0.2) is 5.78 Å². The summed E-state index contributed by atoms with van der Waals surface area (Å²) >= 11 is 0. The van der Waals surface area contributed by atoms with Crippen LogP contribution in [0.2, 0.25) is 5.04 Å². The number of sulfonamides is 1. The fourth-order valence-corrected chi connectivity index (χ4v) is 11.1. The van der Waals surface area contributed by atoms with E-state index < -0.39 is 36.4 Å². The molecule has 0 aliphatic carbocycles. The molecule has 0 unspecified atom stereocenters. The Kier molecular flexibility index (Phi) is 7.69. The lowest BCUT2D eigenvalue weighted by Gasteiger charge is -2.44. The van der Waals surface area contributed by atoms with Crippen molar-refractivity contribution in [3.05, 3.63) is 103 Å². The molecular formula is C29H33NO5SSi. The summed E-state index contributed by atoms with van der Waals surface area (Å²) in [6.45, 7) is 7.99. The van der Waals surface area contributed by atoms with Crippen molar-refractivity contribution >= 4 is 34.5 Å². The summed E-state index contributed by atoms with van der Waals surface area (Å²) in [6, 6.07) is 25.0. The molecule has 1 aliphatic heterocycles. The highest BCUT2D eigenvalue weighted by Gasteiger charge is 2.52. The molecule has 1 heterocycles. The Bertz CT molecular complexity index is 1330. The van der Waals surface area contributed by atoms with E-state index in [2.05, 4.69) is 20.8 Å². The number of carbonyl (C=O) groups is 1. The smallest absolute Gasteiger partial charge is 0.261 e. The van der Waals surface area contributed by atoms with Crippen LogP contribution in [0, 0.1) is 6.92 Å². The molecule has 0 spiro atoms. The van der Waals surface area contributed by atoms with E-state index in [0.717, 1.165) is 20.2 Å². The Morgan fingerprint density at radius 3 is 1.89 bits per heavy atom. The molecule has 2 atom stereocenters. The monoisotopic (exact) mass is 535 g/mol. The summed E-state index contributed by atoms with van der Waals surface area (Å²) in [6.07, 6.45) is 0.954. The zero-order valence-corrected chi connectivity index (χ0v) is 23.4. The second-order valence-corrected chi connectivity index (χ2v) is 16.5. The van der Waals surface area contributed by atoms with Crippen molar-refractivity contribution in [2.45, 2.75) is 49.9 Å². The maximum absolute atomic E-state index is 13.7. The second-order valence-electron chi connectivity index (χ2n) is 10.3. The van der Waals surface area contributed by atoms with Crippen LogP contribution in [-0.2, 0) is 19.2 Å². The molecule has 0 saturated heterocycles.